The van der Waals surface area contributed by atoms with Crippen molar-refractivity contribution in [2.45, 2.75) is 57.1 Å². The SMILES string of the molecule is O=C(NC1CCCN(c2ccnc(Cl)n2)C1)C12CC3CC(C1)C(O)C(C3)C2. The highest BCUT2D eigenvalue weighted by atomic mass is 35.5. The van der Waals surface area contributed by atoms with Gasteiger partial charge in [0.05, 0.1) is 11.5 Å². The zero-order chi connectivity index (χ0) is 18.6. The summed E-state index contributed by atoms with van der Waals surface area (Å²) in [5, 5.41) is 14.1. The Morgan fingerprint density at radius 3 is 2.81 bits per heavy atom. The summed E-state index contributed by atoms with van der Waals surface area (Å²) in [5.74, 6) is 2.33. The maximum absolute atomic E-state index is 13.3. The highest BCUT2D eigenvalue weighted by molar-refractivity contribution is 6.28. The molecule has 0 radical (unpaired) electrons. The molecule has 27 heavy (non-hydrogen) atoms. The third-order valence-electron chi connectivity index (χ3n) is 7.40. The predicted octanol–water partition coefficient (Wildman–Crippen LogP) is 2.40. The van der Waals surface area contributed by atoms with Gasteiger partial charge in [-0.15, -0.1) is 0 Å². The Kier molecular flexibility index (Phi) is 4.32. The molecule has 5 aliphatic rings. The molecule has 2 heterocycles. The minimum atomic E-state index is -0.240. The van der Waals surface area contributed by atoms with Crippen molar-refractivity contribution in [1.82, 2.24) is 15.3 Å². The van der Waals surface area contributed by atoms with Gasteiger partial charge in [-0.25, -0.2) is 9.97 Å². The summed E-state index contributed by atoms with van der Waals surface area (Å²) in [4.78, 5) is 23.8. The number of nitrogens with zero attached hydrogens (tertiary/aromatic N) is 3. The molecule has 2 N–H and O–H groups in total. The lowest BCUT2D eigenvalue weighted by molar-refractivity contribution is -0.163. The highest BCUT2D eigenvalue weighted by Crippen LogP contribution is 2.60. The van der Waals surface area contributed by atoms with Gasteiger partial charge in [0, 0.05) is 25.3 Å². The van der Waals surface area contributed by atoms with Crippen LogP contribution in [-0.4, -0.2) is 46.2 Å². The Balaban J connectivity index is 1.27. The standard InChI is InChI=1S/C20H27ClN4O2/c21-19-22-4-3-16(24-19)25-5-1-2-15(11-25)23-18(27)20-8-12-6-13(9-20)17(26)14(7-12)10-20/h3-4,12-15,17,26H,1-2,5-11H2,(H,23,27). The first-order chi connectivity index (χ1) is 13.0. The van der Waals surface area contributed by atoms with Gasteiger partial charge in [0.1, 0.15) is 5.82 Å². The highest BCUT2D eigenvalue weighted by Gasteiger charge is 2.58. The molecule has 4 bridgehead atoms. The average molecular weight is 391 g/mol. The van der Waals surface area contributed by atoms with E-state index in [-0.39, 0.29) is 28.8 Å². The van der Waals surface area contributed by atoms with Crippen molar-refractivity contribution in [3.05, 3.63) is 17.5 Å². The second-order valence-corrected chi connectivity index (χ2v) is 9.52. The lowest BCUT2D eigenvalue weighted by Crippen LogP contribution is -2.60. The van der Waals surface area contributed by atoms with Gasteiger partial charge in [-0.1, -0.05) is 0 Å². The van der Waals surface area contributed by atoms with Gasteiger partial charge in [0.15, 0.2) is 0 Å². The van der Waals surface area contributed by atoms with E-state index in [2.05, 4.69) is 20.2 Å². The Bertz CT molecular complexity index is 728. The Morgan fingerprint density at radius 1 is 1.30 bits per heavy atom. The van der Waals surface area contributed by atoms with Gasteiger partial charge >= 0.3 is 0 Å². The number of aromatic nitrogens is 2. The summed E-state index contributed by atoms with van der Waals surface area (Å²) in [6.07, 6.45) is 8.47. The number of hydrogen-bond acceptors (Lipinski definition) is 5. The van der Waals surface area contributed by atoms with E-state index in [9.17, 15) is 9.90 Å². The lowest BCUT2D eigenvalue weighted by Gasteiger charge is -2.58. The fourth-order valence-corrected chi connectivity index (χ4v) is 6.56. The molecule has 4 saturated carbocycles. The van der Waals surface area contributed by atoms with Crippen molar-refractivity contribution in [2.24, 2.45) is 23.2 Å². The number of carbonyl (C=O) groups is 1. The van der Waals surface area contributed by atoms with E-state index in [0.717, 1.165) is 63.9 Å². The molecule has 1 aromatic rings. The fourth-order valence-electron chi connectivity index (χ4n) is 6.42. The van der Waals surface area contributed by atoms with Crippen LogP contribution in [0.15, 0.2) is 12.3 Å². The van der Waals surface area contributed by atoms with Gasteiger partial charge in [-0.2, -0.15) is 0 Å². The molecule has 7 heteroatoms. The summed E-state index contributed by atoms with van der Waals surface area (Å²) in [5.41, 5.74) is -0.240. The van der Waals surface area contributed by atoms with Crippen molar-refractivity contribution in [3.63, 3.8) is 0 Å². The first kappa shape index (κ1) is 17.7. The summed E-state index contributed by atoms with van der Waals surface area (Å²) in [6.45, 7) is 1.68. The first-order valence-corrected chi connectivity index (χ1v) is 10.6. The van der Waals surface area contributed by atoms with E-state index in [1.165, 1.54) is 0 Å². The number of aliphatic hydroxyl groups is 1. The van der Waals surface area contributed by atoms with E-state index in [1.54, 1.807) is 6.20 Å². The monoisotopic (exact) mass is 390 g/mol. The smallest absolute Gasteiger partial charge is 0.226 e. The van der Waals surface area contributed by atoms with Crippen LogP contribution in [0.5, 0.6) is 0 Å². The molecule has 1 aromatic heterocycles. The normalized spacial score (nSPS) is 40.2. The number of nitrogens with one attached hydrogen (secondary N) is 1. The van der Waals surface area contributed by atoms with Crippen molar-refractivity contribution in [1.29, 1.82) is 0 Å². The van der Waals surface area contributed by atoms with Crippen LogP contribution in [0, 0.1) is 23.2 Å². The number of halogens is 1. The number of rotatable bonds is 3. The van der Waals surface area contributed by atoms with Crippen LogP contribution < -0.4 is 10.2 Å². The van der Waals surface area contributed by atoms with E-state index >= 15 is 0 Å². The molecule has 3 unspecified atom stereocenters. The molecule has 4 aliphatic carbocycles. The van der Waals surface area contributed by atoms with Crippen LogP contribution in [0.25, 0.3) is 0 Å². The van der Waals surface area contributed by atoms with Gasteiger partial charge in [-0.05, 0) is 80.4 Å². The molecule has 146 valence electrons. The molecule has 1 aliphatic heterocycles. The van der Waals surface area contributed by atoms with Crippen LogP contribution in [0.3, 0.4) is 0 Å². The van der Waals surface area contributed by atoms with Crippen molar-refractivity contribution < 1.29 is 9.90 Å². The van der Waals surface area contributed by atoms with Crippen LogP contribution >= 0.6 is 11.6 Å². The van der Waals surface area contributed by atoms with Crippen LogP contribution in [0.2, 0.25) is 5.28 Å². The fraction of sp³-hybridized carbons (Fsp3) is 0.750. The number of hydrogen-bond donors (Lipinski definition) is 2. The average Bonchev–Trinajstić information content (AvgIpc) is 2.65. The molecule has 3 atom stereocenters. The van der Waals surface area contributed by atoms with E-state index in [4.69, 9.17) is 11.6 Å². The quantitative estimate of drug-likeness (QED) is 0.775. The van der Waals surface area contributed by atoms with E-state index in [0.29, 0.717) is 17.8 Å². The second-order valence-electron chi connectivity index (χ2n) is 9.18. The predicted molar refractivity (Wildman–Crippen MR) is 102 cm³/mol. The number of carbonyl (C=O) groups excluding carboxylic acids is 1. The molecule has 0 spiro atoms. The molecule has 6 nitrogen and oxygen atoms in total. The molecule has 6 rings (SSSR count). The molecule has 1 saturated heterocycles. The van der Waals surface area contributed by atoms with Crippen LogP contribution in [-0.2, 0) is 4.79 Å². The summed E-state index contributed by atoms with van der Waals surface area (Å²) < 4.78 is 0. The largest absolute Gasteiger partial charge is 0.393 e. The maximum Gasteiger partial charge on any atom is 0.226 e. The molecule has 1 amide bonds. The third kappa shape index (κ3) is 3.11. The van der Waals surface area contributed by atoms with Gasteiger partial charge in [0.2, 0.25) is 11.2 Å². The topological polar surface area (TPSA) is 78.4 Å². The molecule has 5 fully saturated rings. The van der Waals surface area contributed by atoms with Crippen molar-refractivity contribution >= 4 is 23.3 Å². The second kappa shape index (κ2) is 6.59. The number of aliphatic hydroxyl groups excluding tert-OH is 1. The lowest BCUT2D eigenvalue weighted by atomic mass is 9.48. The van der Waals surface area contributed by atoms with E-state index < -0.39 is 0 Å². The number of amides is 1. The van der Waals surface area contributed by atoms with Crippen LogP contribution in [0.4, 0.5) is 5.82 Å². The minimum absolute atomic E-state index is 0.137. The van der Waals surface area contributed by atoms with Crippen molar-refractivity contribution in [2.75, 3.05) is 18.0 Å². The number of piperidine rings is 1. The summed E-state index contributed by atoms with van der Waals surface area (Å²) in [6, 6.07) is 2.01. The van der Waals surface area contributed by atoms with Gasteiger partial charge < -0.3 is 15.3 Å². The third-order valence-corrected chi connectivity index (χ3v) is 7.58. The molecular formula is C20H27ClN4O2. The summed E-state index contributed by atoms with van der Waals surface area (Å²) in [7, 11) is 0. The zero-order valence-electron chi connectivity index (χ0n) is 15.5. The van der Waals surface area contributed by atoms with E-state index in [1.807, 2.05) is 6.07 Å². The van der Waals surface area contributed by atoms with Crippen molar-refractivity contribution in [3.8, 4) is 0 Å². The first-order valence-electron chi connectivity index (χ1n) is 10.2. The Morgan fingerprint density at radius 2 is 2.07 bits per heavy atom. The van der Waals surface area contributed by atoms with Crippen LogP contribution in [0.1, 0.15) is 44.9 Å². The number of anilines is 1. The Hall–Kier alpha value is -1.40. The maximum atomic E-state index is 13.3. The molecular weight excluding hydrogens is 364 g/mol. The minimum Gasteiger partial charge on any atom is -0.393 e. The Labute approximate surface area is 164 Å². The summed E-state index contributed by atoms with van der Waals surface area (Å²) >= 11 is 5.93. The van der Waals surface area contributed by atoms with Gasteiger partial charge in [-0.3, -0.25) is 4.79 Å². The zero-order valence-corrected chi connectivity index (χ0v) is 16.2. The van der Waals surface area contributed by atoms with Gasteiger partial charge in [0.25, 0.3) is 0 Å². The molecule has 0 aromatic carbocycles.